The molecule has 1 aliphatic rings. The maximum Gasteiger partial charge on any atom is 0.390 e. The topological polar surface area (TPSA) is 12.0 Å². The summed E-state index contributed by atoms with van der Waals surface area (Å²) in [5.41, 5.74) is 0.163. The van der Waals surface area contributed by atoms with Gasteiger partial charge in [0.1, 0.15) is 0 Å². The fourth-order valence-electron chi connectivity index (χ4n) is 3.14. The van der Waals surface area contributed by atoms with E-state index in [9.17, 15) is 13.2 Å². The summed E-state index contributed by atoms with van der Waals surface area (Å²) in [4.78, 5) is 0. The van der Waals surface area contributed by atoms with Gasteiger partial charge in [0.05, 0.1) is 6.42 Å². The van der Waals surface area contributed by atoms with Crippen LogP contribution in [0.1, 0.15) is 59.8 Å². The third-order valence-electron chi connectivity index (χ3n) is 3.91. The van der Waals surface area contributed by atoms with Gasteiger partial charge in [0.2, 0.25) is 0 Å². The quantitative estimate of drug-likeness (QED) is 0.791. The number of halogens is 3. The van der Waals surface area contributed by atoms with Crippen molar-refractivity contribution in [3.8, 4) is 0 Å². The Morgan fingerprint density at radius 3 is 2.17 bits per heavy atom. The van der Waals surface area contributed by atoms with Gasteiger partial charge in [-0.2, -0.15) is 13.2 Å². The fraction of sp³-hybridized carbons (Fsp3) is 1.00. The summed E-state index contributed by atoms with van der Waals surface area (Å²) in [5, 5.41) is 3.21. The number of hydrogen-bond acceptors (Lipinski definition) is 1. The number of nitrogens with one attached hydrogen (secondary N) is 1. The number of rotatable bonds is 3. The Labute approximate surface area is 109 Å². The highest BCUT2D eigenvalue weighted by Crippen LogP contribution is 2.38. The van der Waals surface area contributed by atoms with Crippen molar-refractivity contribution < 1.29 is 13.2 Å². The van der Waals surface area contributed by atoms with Crippen molar-refractivity contribution in [3.05, 3.63) is 0 Å². The lowest BCUT2D eigenvalue weighted by molar-refractivity contribution is -0.140. The molecule has 0 aromatic carbocycles. The summed E-state index contributed by atoms with van der Waals surface area (Å²) in [6, 6.07) is -0.256. The smallest absolute Gasteiger partial charge is 0.311 e. The highest BCUT2D eigenvalue weighted by atomic mass is 19.4. The largest absolute Gasteiger partial charge is 0.390 e. The third kappa shape index (κ3) is 5.17. The van der Waals surface area contributed by atoms with Crippen LogP contribution in [0, 0.1) is 11.3 Å². The van der Waals surface area contributed by atoms with Crippen LogP contribution in [0.15, 0.2) is 0 Å². The normalized spacial score (nSPS) is 28.2. The molecular weight excluding hydrogens is 239 g/mol. The molecule has 0 aromatic heterocycles. The second-order valence-electron chi connectivity index (χ2n) is 6.75. The lowest BCUT2D eigenvalue weighted by Crippen LogP contribution is -2.48. The van der Waals surface area contributed by atoms with Crippen LogP contribution >= 0.6 is 0 Å². The van der Waals surface area contributed by atoms with Crippen molar-refractivity contribution in [2.24, 2.45) is 11.3 Å². The van der Waals surface area contributed by atoms with E-state index in [0.717, 1.165) is 19.3 Å². The van der Waals surface area contributed by atoms with Gasteiger partial charge in [-0.15, -0.1) is 0 Å². The van der Waals surface area contributed by atoms with E-state index < -0.39 is 18.6 Å². The van der Waals surface area contributed by atoms with Gasteiger partial charge in [0.15, 0.2) is 0 Å². The molecule has 3 unspecified atom stereocenters. The summed E-state index contributed by atoms with van der Waals surface area (Å²) in [6.07, 6.45) is -0.348. The molecule has 3 atom stereocenters. The Bertz CT molecular complexity index is 255. The first kappa shape index (κ1) is 15.8. The minimum absolute atomic E-state index is 0.163. The maximum absolute atomic E-state index is 12.4. The Morgan fingerprint density at radius 2 is 1.67 bits per heavy atom. The van der Waals surface area contributed by atoms with Crippen LogP contribution in [0.3, 0.4) is 0 Å². The zero-order valence-corrected chi connectivity index (χ0v) is 11.9. The van der Waals surface area contributed by atoms with E-state index >= 15 is 0 Å². The molecule has 108 valence electrons. The second-order valence-corrected chi connectivity index (χ2v) is 6.75. The summed E-state index contributed by atoms with van der Waals surface area (Å²) >= 11 is 0. The minimum Gasteiger partial charge on any atom is -0.311 e. The average Bonchev–Trinajstić information content (AvgIpc) is 2.13. The van der Waals surface area contributed by atoms with E-state index in [-0.39, 0.29) is 11.5 Å². The van der Waals surface area contributed by atoms with E-state index in [1.165, 1.54) is 6.42 Å². The molecule has 0 spiro atoms. The molecule has 0 bridgehead atoms. The van der Waals surface area contributed by atoms with Crippen molar-refractivity contribution in [3.63, 3.8) is 0 Å². The monoisotopic (exact) mass is 265 g/mol. The molecule has 0 amide bonds. The molecule has 1 rings (SSSR count). The van der Waals surface area contributed by atoms with Crippen LogP contribution in [0.5, 0.6) is 0 Å². The van der Waals surface area contributed by atoms with Crippen LogP contribution in [0.4, 0.5) is 13.2 Å². The van der Waals surface area contributed by atoms with Crippen molar-refractivity contribution in [2.45, 2.75) is 78.1 Å². The van der Waals surface area contributed by atoms with Gasteiger partial charge in [-0.1, -0.05) is 33.6 Å². The molecule has 0 aliphatic heterocycles. The van der Waals surface area contributed by atoms with Gasteiger partial charge in [0, 0.05) is 12.1 Å². The van der Waals surface area contributed by atoms with Crippen LogP contribution in [0.25, 0.3) is 0 Å². The lowest BCUT2D eigenvalue weighted by Gasteiger charge is -2.42. The zero-order valence-electron chi connectivity index (χ0n) is 11.9. The Hall–Kier alpha value is -0.250. The van der Waals surface area contributed by atoms with Crippen LogP contribution in [-0.4, -0.2) is 18.3 Å². The average molecular weight is 265 g/mol. The molecular formula is C14H26F3N. The molecule has 1 saturated carbocycles. The van der Waals surface area contributed by atoms with Crippen molar-refractivity contribution in [1.82, 2.24) is 5.32 Å². The predicted molar refractivity (Wildman–Crippen MR) is 68.5 cm³/mol. The summed E-state index contributed by atoms with van der Waals surface area (Å²) in [7, 11) is 0. The van der Waals surface area contributed by atoms with E-state index in [0.29, 0.717) is 5.92 Å². The molecule has 1 nitrogen and oxygen atoms in total. The van der Waals surface area contributed by atoms with Crippen LogP contribution < -0.4 is 5.32 Å². The van der Waals surface area contributed by atoms with E-state index in [4.69, 9.17) is 0 Å². The SMILES string of the molecule is CC(CC(F)(F)F)NC1CCCCC1C(C)(C)C. The molecule has 4 heteroatoms. The van der Waals surface area contributed by atoms with Crippen molar-refractivity contribution >= 4 is 0 Å². The summed E-state index contributed by atoms with van der Waals surface area (Å²) in [5.74, 6) is 0.474. The molecule has 1 aliphatic carbocycles. The van der Waals surface area contributed by atoms with Crippen LogP contribution in [0.2, 0.25) is 0 Å². The minimum atomic E-state index is -4.07. The van der Waals surface area contributed by atoms with Gasteiger partial charge in [-0.3, -0.25) is 0 Å². The van der Waals surface area contributed by atoms with E-state index in [2.05, 4.69) is 26.1 Å². The molecule has 0 saturated heterocycles. The first-order chi connectivity index (χ1) is 8.09. The Balaban J connectivity index is 2.57. The molecule has 1 N–H and O–H groups in total. The predicted octanol–water partition coefficient (Wildman–Crippen LogP) is 4.52. The van der Waals surface area contributed by atoms with Gasteiger partial charge in [-0.05, 0) is 31.1 Å². The highest BCUT2D eigenvalue weighted by molar-refractivity contribution is 4.89. The highest BCUT2D eigenvalue weighted by Gasteiger charge is 2.36. The van der Waals surface area contributed by atoms with Gasteiger partial charge in [-0.25, -0.2) is 0 Å². The lowest BCUT2D eigenvalue weighted by atomic mass is 9.69. The first-order valence-electron chi connectivity index (χ1n) is 6.92. The third-order valence-corrected chi connectivity index (χ3v) is 3.91. The maximum atomic E-state index is 12.4. The summed E-state index contributed by atoms with van der Waals surface area (Å²) < 4.78 is 37.1. The molecule has 0 heterocycles. The van der Waals surface area contributed by atoms with Gasteiger partial charge < -0.3 is 5.32 Å². The Kier molecular flexibility index (Phi) is 5.10. The first-order valence-corrected chi connectivity index (χ1v) is 6.92. The Morgan fingerprint density at radius 1 is 1.11 bits per heavy atom. The van der Waals surface area contributed by atoms with Gasteiger partial charge in [0.25, 0.3) is 0 Å². The van der Waals surface area contributed by atoms with Crippen LogP contribution in [-0.2, 0) is 0 Å². The number of alkyl halides is 3. The van der Waals surface area contributed by atoms with Crippen molar-refractivity contribution in [1.29, 1.82) is 0 Å². The second kappa shape index (κ2) is 5.81. The fourth-order valence-corrected chi connectivity index (χ4v) is 3.14. The number of hydrogen-bond donors (Lipinski definition) is 1. The molecule has 0 radical (unpaired) electrons. The van der Waals surface area contributed by atoms with E-state index in [1.54, 1.807) is 6.92 Å². The summed E-state index contributed by atoms with van der Waals surface area (Å²) in [6.45, 7) is 8.20. The standard InChI is InChI=1S/C14H26F3N/c1-10(9-14(15,16)17)18-12-8-6-5-7-11(12)13(2,3)4/h10-12,18H,5-9H2,1-4H3. The van der Waals surface area contributed by atoms with Gasteiger partial charge >= 0.3 is 6.18 Å². The van der Waals surface area contributed by atoms with E-state index in [1.807, 2.05) is 0 Å². The molecule has 0 aromatic rings. The molecule has 1 fully saturated rings. The van der Waals surface area contributed by atoms with Crippen molar-refractivity contribution in [2.75, 3.05) is 0 Å². The molecule has 18 heavy (non-hydrogen) atoms. The zero-order chi connectivity index (χ0) is 14.0.